The predicted octanol–water partition coefficient (Wildman–Crippen LogP) is 6.03. The lowest BCUT2D eigenvalue weighted by molar-refractivity contribution is -0.265. The molecule has 2 heterocycles. The molecule has 2 aromatic heterocycles. The lowest BCUT2D eigenvalue weighted by atomic mass is 9.93. The number of hydrogen-bond donors (Lipinski definition) is 2. The van der Waals surface area contributed by atoms with E-state index < -0.39 is 58.8 Å². The zero-order chi connectivity index (χ0) is 33.6. The minimum absolute atomic E-state index is 0.00445. The van der Waals surface area contributed by atoms with E-state index in [1.807, 2.05) is 0 Å². The highest BCUT2D eigenvalue weighted by Crippen LogP contribution is 2.46. The number of carbonyl (C=O) groups excluding carboxylic acids is 2. The van der Waals surface area contributed by atoms with Gasteiger partial charge < -0.3 is 19.9 Å². The van der Waals surface area contributed by atoms with E-state index in [4.69, 9.17) is 21.1 Å². The van der Waals surface area contributed by atoms with Gasteiger partial charge in [0, 0.05) is 47.5 Å². The maximum Gasteiger partial charge on any atom is 0.424 e. The van der Waals surface area contributed by atoms with Crippen LogP contribution in [0.5, 0.6) is 11.5 Å². The number of halogens is 6. The van der Waals surface area contributed by atoms with Crippen LogP contribution in [0.4, 0.5) is 22.0 Å². The molecule has 0 aliphatic heterocycles. The van der Waals surface area contributed by atoms with Crippen molar-refractivity contribution in [3.05, 3.63) is 70.3 Å². The molecule has 9 nitrogen and oxygen atoms in total. The molecule has 1 saturated carbocycles. The third-order valence-corrected chi connectivity index (χ3v) is 7.90. The molecule has 2 aromatic carbocycles. The van der Waals surface area contributed by atoms with Crippen LogP contribution < -0.4 is 14.8 Å². The first-order valence-corrected chi connectivity index (χ1v) is 14.4. The Morgan fingerprint density at radius 2 is 1.91 bits per heavy atom. The maximum atomic E-state index is 14.7. The normalized spacial score (nSPS) is 15.3. The number of rotatable bonds is 11. The molecule has 5 rings (SSSR count). The number of methoxy groups -OCH3 is 1. The zero-order valence-corrected chi connectivity index (χ0v) is 25.5. The van der Waals surface area contributed by atoms with Crippen LogP contribution in [0.15, 0.2) is 42.6 Å². The van der Waals surface area contributed by atoms with Crippen molar-refractivity contribution in [3.63, 3.8) is 0 Å². The van der Waals surface area contributed by atoms with Gasteiger partial charge in [-0.1, -0.05) is 23.7 Å². The summed E-state index contributed by atoms with van der Waals surface area (Å²) in [4.78, 5) is 29.4. The first kappa shape index (κ1) is 33.1. The van der Waals surface area contributed by atoms with Gasteiger partial charge in [-0.2, -0.15) is 18.3 Å². The molecule has 244 valence electrons. The SMILES string of the molecule is CCOc1c(CC(C)=O)cc([C@@](O)(CNC(=O)c2cc(OC)c3nn(C4(F)CC4)cc3c2)C(F)(F)F)nc1-c1cccc(F)c1Cl. The van der Waals surface area contributed by atoms with Crippen LogP contribution in [0.1, 0.15) is 48.3 Å². The van der Waals surface area contributed by atoms with Crippen molar-refractivity contribution in [3.8, 4) is 22.8 Å². The Bertz CT molecular complexity index is 1840. The number of alkyl halides is 4. The molecule has 0 saturated heterocycles. The Labute approximate surface area is 264 Å². The average molecular weight is 667 g/mol. The van der Waals surface area contributed by atoms with Gasteiger partial charge in [0.15, 0.2) is 0 Å². The number of aromatic nitrogens is 3. The monoisotopic (exact) mass is 666 g/mol. The molecular weight excluding hydrogens is 639 g/mol. The fourth-order valence-electron chi connectivity index (χ4n) is 4.95. The number of hydrogen-bond acceptors (Lipinski definition) is 7. The van der Waals surface area contributed by atoms with Crippen LogP contribution in [0.2, 0.25) is 5.02 Å². The molecule has 0 radical (unpaired) electrons. The second kappa shape index (κ2) is 12.1. The van der Waals surface area contributed by atoms with Crippen LogP contribution in [-0.4, -0.2) is 58.0 Å². The fourth-order valence-corrected chi connectivity index (χ4v) is 5.16. The van der Waals surface area contributed by atoms with Gasteiger partial charge in [0.05, 0.1) is 31.0 Å². The van der Waals surface area contributed by atoms with Crippen molar-refractivity contribution in [1.29, 1.82) is 0 Å². The highest BCUT2D eigenvalue weighted by Gasteiger charge is 2.57. The number of pyridine rings is 1. The van der Waals surface area contributed by atoms with Gasteiger partial charge in [0.2, 0.25) is 11.4 Å². The summed E-state index contributed by atoms with van der Waals surface area (Å²) in [5.74, 6) is -4.07. The summed E-state index contributed by atoms with van der Waals surface area (Å²) in [7, 11) is 1.29. The van der Waals surface area contributed by atoms with E-state index in [2.05, 4.69) is 15.4 Å². The Kier molecular flexibility index (Phi) is 8.73. The topological polar surface area (TPSA) is 116 Å². The molecule has 2 N–H and O–H groups in total. The van der Waals surface area contributed by atoms with E-state index in [-0.39, 0.29) is 58.8 Å². The van der Waals surface area contributed by atoms with Crippen molar-refractivity contribution in [2.75, 3.05) is 20.3 Å². The number of nitrogens with zero attached hydrogens (tertiary/aromatic N) is 3. The summed E-state index contributed by atoms with van der Waals surface area (Å²) in [6, 6.07) is 6.98. The lowest BCUT2D eigenvalue weighted by Gasteiger charge is -2.31. The van der Waals surface area contributed by atoms with Gasteiger partial charge in [-0.3, -0.25) is 9.59 Å². The molecule has 0 unspecified atom stereocenters. The second-order valence-electron chi connectivity index (χ2n) is 10.9. The van der Waals surface area contributed by atoms with Crippen LogP contribution in [0, 0.1) is 5.82 Å². The third-order valence-electron chi connectivity index (χ3n) is 7.51. The van der Waals surface area contributed by atoms with E-state index in [1.165, 1.54) is 44.5 Å². The summed E-state index contributed by atoms with van der Waals surface area (Å²) in [6.45, 7) is 1.38. The molecule has 1 aliphatic carbocycles. The molecule has 1 aliphatic rings. The number of aliphatic hydroxyl groups is 1. The number of nitrogens with one attached hydrogen (secondary N) is 1. The number of benzene rings is 2. The first-order valence-electron chi connectivity index (χ1n) is 14.1. The Morgan fingerprint density at radius 1 is 1.20 bits per heavy atom. The molecule has 1 fully saturated rings. The van der Waals surface area contributed by atoms with E-state index >= 15 is 0 Å². The molecule has 4 aromatic rings. The lowest BCUT2D eigenvalue weighted by Crippen LogP contribution is -2.51. The third kappa shape index (κ3) is 6.10. The van der Waals surface area contributed by atoms with Gasteiger partial charge in [-0.15, -0.1) is 0 Å². The number of fused-ring (bicyclic) bond motifs is 1. The minimum atomic E-state index is -5.42. The highest BCUT2D eigenvalue weighted by atomic mass is 35.5. The predicted molar refractivity (Wildman–Crippen MR) is 157 cm³/mol. The number of ether oxygens (including phenoxy) is 2. The quantitative estimate of drug-likeness (QED) is 0.188. The molecule has 46 heavy (non-hydrogen) atoms. The Balaban J connectivity index is 1.57. The maximum absolute atomic E-state index is 14.7. The van der Waals surface area contributed by atoms with Crippen LogP contribution in [0.3, 0.4) is 0 Å². The van der Waals surface area contributed by atoms with Crippen molar-refractivity contribution >= 4 is 34.2 Å². The number of ketones is 1. The van der Waals surface area contributed by atoms with E-state index in [0.717, 1.165) is 16.8 Å². The van der Waals surface area contributed by atoms with Crippen molar-refractivity contribution in [2.24, 2.45) is 0 Å². The summed E-state index contributed by atoms with van der Waals surface area (Å²) in [6.07, 6.45) is -3.95. The van der Waals surface area contributed by atoms with E-state index in [1.54, 1.807) is 6.92 Å². The van der Waals surface area contributed by atoms with Gasteiger partial charge in [-0.25, -0.2) is 18.4 Å². The van der Waals surface area contributed by atoms with Crippen molar-refractivity contribution in [2.45, 2.75) is 50.7 Å². The smallest absolute Gasteiger partial charge is 0.424 e. The Hall–Kier alpha value is -4.30. The van der Waals surface area contributed by atoms with Gasteiger partial charge in [-0.05, 0) is 38.1 Å². The molecular formula is C31H28ClF5N4O5. The summed E-state index contributed by atoms with van der Waals surface area (Å²) >= 11 is 6.16. The number of carbonyl (C=O) groups is 2. The van der Waals surface area contributed by atoms with Crippen LogP contribution >= 0.6 is 11.6 Å². The van der Waals surface area contributed by atoms with Gasteiger partial charge in [0.1, 0.15) is 34.3 Å². The number of Topliss-reactive ketones (excluding diaryl/α,β-unsaturated/α-hetero) is 1. The standard InChI is InChI=1S/C31H28ClF5N4O5/c1-4-46-27-17(10-16(2)42)13-23(39-26(27)20-6-5-7-21(33)24(20)32)30(44,31(35,36)37)15-38-28(43)18-11-19-14-41(29(34)8-9-29)40-25(19)22(12-18)45-3/h5-7,11-14,44H,4,8-10,15H2,1-3H3,(H,38,43)/t30-/m0/s1. The molecule has 0 spiro atoms. The molecule has 1 amide bonds. The fraction of sp³-hybridized carbons (Fsp3) is 0.355. The van der Waals surface area contributed by atoms with Crippen molar-refractivity contribution < 1.29 is 46.1 Å². The first-order chi connectivity index (χ1) is 21.6. The molecule has 15 heteroatoms. The highest BCUT2D eigenvalue weighted by molar-refractivity contribution is 6.33. The van der Waals surface area contributed by atoms with Gasteiger partial charge in [0.25, 0.3) is 5.91 Å². The zero-order valence-electron chi connectivity index (χ0n) is 24.8. The van der Waals surface area contributed by atoms with Crippen LogP contribution in [-0.2, 0) is 22.6 Å². The summed E-state index contributed by atoms with van der Waals surface area (Å²) < 4.78 is 85.3. The van der Waals surface area contributed by atoms with E-state index in [0.29, 0.717) is 5.39 Å². The van der Waals surface area contributed by atoms with Crippen LogP contribution in [0.25, 0.3) is 22.2 Å². The minimum Gasteiger partial charge on any atom is -0.494 e. The summed E-state index contributed by atoms with van der Waals surface area (Å²) in [5.41, 5.74) is -5.27. The molecule has 0 bridgehead atoms. The average Bonchev–Trinajstić information content (AvgIpc) is 3.59. The van der Waals surface area contributed by atoms with E-state index in [9.17, 15) is 36.6 Å². The molecule has 1 atom stereocenters. The summed E-state index contributed by atoms with van der Waals surface area (Å²) in [5, 5.41) is 17.4. The number of amides is 1. The largest absolute Gasteiger partial charge is 0.494 e. The second-order valence-corrected chi connectivity index (χ2v) is 11.3. The Morgan fingerprint density at radius 3 is 2.52 bits per heavy atom. The van der Waals surface area contributed by atoms with Gasteiger partial charge >= 0.3 is 6.18 Å². The van der Waals surface area contributed by atoms with Crippen molar-refractivity contribution in [1.82, 2.24) is 20.1 Å².